The Bertz CT molecular complexity index is 482. The van der Waals surface area contributed by atoms with Crippen LogP contribution in [0.2, 0.25) is 0 Å². The van der Waals surface area contributed by atoms with Crippen LogP contribution in [0.25, 0.3) is 11.5 Å². The van der Waals surface area contributed by atoms with Gasteiger partial charge in [0, 0.05) is 0 Å². The SMILES string of the molecule is COc1nnc(-c2ccc(C)o2)cc1Br. The highest BCUT2D eigenvalue weighted by Crippen LogP contribution is 2.26. The Balaban J connectivity index is 2.42. The first-order valence-electron chi connectivity index (χ1n) is 4.34. The summed E-state index contributed by atoms with van der Waals surface area (Å²) in [6.07, 6.45) is 0. The number of nitrogens with zero attached hydrogens (tertiary/aromatic N) is 2. The topological polar surface area (TPSA) is 48.2 Å². The highest BCUT2D eigenvalue weighted by Gasteiger charge is 2.09. The predicted octanol–water partition coefficient (Wildman–Crippen LogP) is 2.82. The number of halogens is 1. The molecule has 2 rings (SSSR count). The molecule has 0 amide bonds. The number of hydrogen-bond acceptors (Lipinski definition) is 4. The molecule has 15 heavy (non-hydrogen) atoms. The van der Waals surface area contributed by atoms with Gasteiger partial charge in [0.2, 0.25) is 5.88 Å². The van der Waals surface area contributed by atoms with Crippen LogP contribution >= 0.6 is 15.9 Å². The van der Waals surface area contributed by atoms with Crippen LogP contribution in [0.3, 0.4) is 0 Å². The minimum absolute atomic E-state index is 0.460. The fourth-order valence-corrected chi connectivity index (χ4v) is 1.65. The molecule has 4 nitrogen and oxygen atoms in total. The first kappa shape index (κ1) is 10.2. The molecule has 0 N–H and O–H groups in total. The van der Waals surface area contributed by atoms with E-state index in [0.717, 1.165) is 10.2 Å². The van der Waals surface area contributed by atoms with Crippen molar-refractivity contribution in [1.82, 2.24) is 10.2 Å². The molecule has 78 valence electrons. The number of methoxy groups -OCH3 is 1. The summed E-state index contributed by atoms with van der Waals surface area (Å²) in [5.74, 6) is 2.00. The number of rotatable bonds is 2. The smallest absolute Gasteiger partial charge is 0.247 e. The maximum atomic E-state index is 5.43. The van der Waals surface area contributed by atoms with E-state index in [1.54, 1.807) is 7.11 Å². The van der Waals surface area contributed by atoms with E-state index in [1.807, 2.05) is 25.1 Å². The van der Waals surface area contributed by atoms with Gasteiger partial charge in [-0.2, -0.15) is 0 Å². The Hall–Kier alpha value is -1.36. The molecular formula is C10H9BrN2O2. The Morgan fingerprint density at radius 3 is 2.67 bits per heavy atom. The predicted molar refractivity (Wildman–Crippen MR) is 58.7 cm³/mol. The van der Waals surface area contributed by atoms with Crippen molar-refractivity contribution in [3.8, 4) is 17.3 Å². The highest BCUT2D eigenvalue weighted by atomic mass is 79.9. The van der Waals surface area contributed by atoms with E-state index in [-0.39, 0.29) is 0 Å². The molecule has 0 fully saturated rings. The molecule has 2 heterocycles. The van der Waals surface area contributed by atoms with Crippen molar-refractivity contribution >= 4 is 15.9 Å². The number of aryl methyl sites for hydroxylation is 1. The van der Waals surface area contributed by atoms with E-state index in [4.69, 9.17) is 9.15 Å². The van der Waals surface area contributed by atoms with Crippen LogP contribution in [0, 0.1) is 6.92 Å². The van der Waals surface area contributed by atoms with E-state index in [9.17, 15) is 0 Å². The molecule has 0 aliphatic heterocycles. The average molecular weight is 269 g/mol. The number of aromatic nitrogens is 2. The normalized spacial score (nSPS) is 10.3. The van der Waals surface area contributed by atoms with Gasteiger partial charge in [0.1, 0.15) is 11.5 Å². The van der Waals surface area contributed by atoms with Crippen molar-refractivity contribution in [1.29, 1.82) is 0 Å². The Morgan fingerprint density at radius 1 is 1.33 bits per heavy atom. The first-order valence-corrected chi connectivity index (χ1v) is 5.14. The van der Waals surface area contributed by atoms with Gasteiger partial charge in [0.05, 0.1) is 11.6 Å². The summed E-state index contributed by atoms with van der Waals surface area (Å²) in [7, 11) is 1.55. The lowest BCUT2D eigenvalue weighted by Crippen LogP contribution is -1.93. The molecule has 0 aliphatic rings. The van der Waals surface area contributed by atoms with Gasteiger partial charge in [0.15, 0.2) is 5.76 Å². The van der Waals surface area contributed by atoms with Gasteiger partial charge < -0.3 is 9.15 Å². The molecule has 0 aromatic carbocycles. The Kier molecular flexibility index (Phi) is 2.73. The van der Waals surface area contributed by atoms with Gasteiger partial charge in [-0.15, -0.1) is 10.2 Å². The summed E-state index contributed by atoms with van der Waals surface area (Å²) in [5.41, 5.74) is 0.677. The largest absolute Gasteiger partial charge is 0.479 e. The lowest BCUT2D eigenvalue weighted by atomic mass is 10.3. The van der Waals surface area contributed by atoms with E-state index < -0.39 is 0 Å². The molecule has 0 spiro atoms. The molecule has 5 heteroatoms. The maximum Gasteiger partial charge on any atom is 0.247 e. The number of furan rings is 1. The van der Waals surface area contributed by atoms with Crippen molar-refractivity contribution in [3.63, 3.8) is 0 Å². The van der Waals surface area contributed by atoms with Crippen molar-refractivity contribution in [2.24, 2.45) is 0 Å². The van der Waals surface area contributed by atoms with E-state index >= 15 is 0 Å². The van der Waals surface area contributed by atoms with Gasteiger partial charge >= 0.3 is 0 Å². The van der Waals surface area contributed by atoms with Crippen LogP contribution < -0.4 is 4.74 Å². The fourth-order valence-electron chi connectivity index (χ4n) is 1.19. The molecular weight excluding hydrogens is 260 g/mol. The lowest BCUT2D eigenvalue weighted by Gasteiger charge is -2.01. The monoisotopic (exact) mass is 268 g/mol. The molecule has 2 aromatic heterocycles. The lowest BCUT2D eigenvalue weighted by molar-refractivity contribution is 0.389. The van der Waals surface area contributed by atoms with Crippen molar-refractivity contribution in [2.75, 3.05) is 7.11 Å². The summed E-state index contributed by atoms with van der Waals surface area (Å²) in [4.78, 5) is 0. The molecule has 0 bridgehead atoms. The molecule has 0 saturated carbocycles. The number of ether oxygens (including phenoxy) is 1. The minimum Gasteiger partial charge on any atom is -0.479 e. The summed E-state index contributed by atoms with van der Waals surface area (Å²) in [5, 5.41) is 7.90. The fraction of sp³-hybridized carbons (Fsp3) is 0.200. The quantitative estimate of drug-likeness (QED) is 0.841. The second-order valence-corrected chi connectivity index (χ2v) is 3.85. The number of hydrogen-bond donors (Lipinski definition) is 0. The summed E-state index contributed by atoms with van der Waals surface area (Å²) in [6, 6.07) is 5.55. The van der Waals surface area contributed by atoms with E-state index in [1.165, 1.54) is 0 Å². The Morgan fingerprint density at radius 2 is 2.13 bits per heavy atom. The van der Waals surface area contributed by atoms with Gasteiger partial charge in [-0.25, -0.2) is 0 Å². The molecule has 0 radical (unpaired) electrons. The first-order chi connectivity index (χ1) is 7.20. The van der Waals surface area contributed by atoms with Crippen molar-refractivity contribution in [2.45, 2.75) is 6.92 Å². The van der Waals surface area contributed by atoms with E-state index in [0.29, 0.717) is 17.3 Å². The zero-order chi connectivity index (χ0) is 10.8. The zero-order valence-corrected chi connectivity index (χ0v) is 9.91. The Labute approximate surface area is 95.4 Å². The molecule has 0 unspecified atom stereocenters. The summed E-state index contributed by atoms with van der Waals surface area (Å²) in [6.45, 7) is 1.88. The van der Waals surface area contributed by atoms with Crippen LogP contribution in [0.15, 0.2) is 27.1 Å². The second-order valence-electron chi connectivity index (χ2n) is 3.00. The molecule has 2 aromatic rings. The molecule has 0 aliphatic carbocycles. The maximum absolute atomic E-state index is 5.43. The van der Waals surface area contributed by atoms with Crippen LogP contribution in [0.5, 0.6) is 5.88 Å². The van der Waals surface area contributed by atoms with Crippen LogP contribution in [0.1, 0.15) is 5.76 Å². The van der Waals surface area contributed by atoms with E-state index in [2.05, 4.69) is 26.1 Å². The zero-order valence-electron chi connectivity index (χ0n) is 8.32. The summed E-state index contributed by atoms with van der Waals surface area (Å²) < 4.78 is 11.2. The third-order valence-electron chi connectivity index (χ3n) is 1.90. The molecule has 0 atom stereocenters. The van der Waals surface area contributed by atoms with Crippen LogP contribution in [-0.4, -0.2) is 17.3 Å². The third kappa shape index (κ3) is 2.02. The van der Waals surface area contributed by atoms with Gasteiger partial charge in [-0.1, -0.05) is 0 Å². The second kappa shape index (κ2) is 4.02. The van der Waals surface area contributed by atoms with Crippen molar-refractivity contribution < 1.29 is 9.15 Å². The van der Waals surface area contributed by atoms with Crippen molar-refractivity contribution in [3.05, 3.63) is 28.4 Å². The average Bonchev–Trinajstić information content (AvgIpc) is 2.65. The van der Waals surface area contributed by atoms with Gasteiger partial charge in [-0.05, 0) is 41.1 Å². The molecule has 0 saturated heterocycles. The van der Waals surface area contributed by atoms with Crippen LogP contribution in [-0.2, 0) is 0 Å². The van der Waals surface area contributed by atoms with Crippen LogP contribution in [0.4, 0.5) is 0 Å². The standard InChI is InChI=1S/C10H9BrN2O2/c1-6-3-4-9(15-6)8-5-7(11)10(14-2)13-12-8/h3-5H,1-2H3. The minimum atomic E-state index is 0.460. The highest BCUT2D eigenvalue weighted by molar-refractivity contribution is 9.10. The summed E-state index contributed by atoms with van der Waals surface area (Å²) >= 11 is 3.34. The van der Waals surface area contributed by atoms with Gasteiger partial charge in [-0.3, -0.25) is 0 Å². The third-order valence-corrected chi connectivity index (χ3v) is 2.47. The van der Waals surface area contributed by atoms with Gasteiger partial charge in [0.25, 0.3) is 0 Å².